The molecule has 9 heteroatoms. The van der Waals surface area contributed by atoms with Crippen LogP contribution in [0, 0.1) is 0 Å². The summed E-state index contributed by atoms with van der Waals surface area (Å²) in [6, 6.07) is 0. The second-order valence-corrected chi connectivity index (χ2v) is 23.4. The predicted octanol–water partition coefficient (Wildman–Crippen LogP) is 19.3. The first-order valence-corrected chi connectivity index (χ1v) is 32.5. The molecule has 8 nitrogen and oxygen atoms in total. The second-order valence-electron chi connectivity index (χ2n) is 22.0. The van der Waals surface area contributed by atoms with E-state index < -0.39 is 13.9 Å². The molecule has 0 aliphatic carbocycles. The number of unbranched alkanes of at least 4 members (excludes halogenated alkanes) is 34. The minimum Gasteiger partial charge on any atom is -0.756 e. The Morgan fingerprint density at radius 2 is 0.795 bits per heavy atom. The van der Waals surface area contributed by atoms with Crippen molar-refractivity contribution in [2.75, 3.05) is 54.1 Å². The van der Waals surface area contributed by atoms with Crippen LogP contribution >= 0.6 is 7.82 Å². The van der Waals surface area contributed by atoms with Crippen LogP contribution in [0.15, 0.2) is 60.8 Å². The molecule has 0 spiro atoms. The molecule has 73 heavy (non-hydrogen) atoms. The summed E-state index contributed by atoms with van der Waals surface area (Å²) in [7, 11) is 1.36. The average molecular weight is 1050 g/mol. The number of allylic oxidation sites excluding steroid dienone is 10. The third-order valence-electron chi connectivity index (χ3n) is 13.6. The number of esters is 1. The molecular formula is C64H120NO7P. The molecule has 0 rings (SSSR count). The Morgan fingerprint density at radius 1 is 0.438 bits per heavy atom. The molecule has 0 saturated carbocycles. The van der Waals surface area contributed by atoms with E-state index in [1.807, 2.05) is 21.1 Å². The van der Waals surface area contributed by atoms with Crippen LogP contribution in [0.3, 0.4) is 0 Å². The van der Waals surface area contributed by atoms with E-state index in [1.165, 1.54) is 205 Å². The van der Waals surface area contributed by atoms with Gasteiger partial charge in [0.1, 0.15) is 19.3 Å². The maximum Gasteiger partial charge on any atom is 0.306 e. The van der Waals surface area contributed by atoms with Crippen molar-refractivity contribution in [2.24, 2.45) is 0 Å². The zero-order valence-electron chi connectivity index (χ0n) is 48.8. The number of carbonyl (C=O) groups is 1. The summed E-state index contributed by atoms with van der Waals surface area (Å²) in [5, 5.41) is 0. The molecule has 0 heterocycles. The summed E-state index contributed by atoms with van der Waals surface area (Å²) in [6.07, 6.45) is 74.2. The van der Waals surface area contributed by atoms with Gasteiger partial charge in [-0.2, -0.15) is 0 Å². The number of carbonyl (C=O) groups excluding carboxylic acids is 1. The van der Waals surface area contributed by atoms with Gasteiger partial charge in [0.05, 0.1) is 34.4 Å². The van der Waals surface area contributed by atoms with Crippen molar-refractivity contribution in [1.82, 2.24) is 0 Å². The Balaban J connectivity index is 4.02. The van der Waals surface area contributed by atoms with Gasteiger partial charge in [-0.15, -0.1) is 0 Å². The largest absolute Gasteiger partial charge is 0.756 e. The Hall–Kier alpha value is -1.80. The third kappa shape index (κ3) is 60.9. The molecule has 0 amide bonds. The highest BCUT2D eigenvalue weighted by Crippen LogP contribution is 2.38. The van der Waals surface area contributed by atoms with Crippen LogP contribution in [0.25, 0.3) is 0 Å². The first-order chi connectivity index (χ1) is 35.6. The number of nitrogens with zero attached hydrogens (tertiary/aromatic N) is 1. The highest BCUT2D eigenvalue weighted by molar-refractivity contribution is 7.45. The van der Waals surface area contributed by atoms with Crippen LogP contribution in [0.1, 0.15) is 284 Å². The van der Waals surface area contributed by atoms with Gasteiger partial charge in [0.2, 0.25) is 0 Å². The summed E-state index contributed by atoms with van der Waals surface area (Å²) in [4.78, 5) is 25.3. The number of hydrogen-bond donors (Lipinski definition) is 0. The fourth-order valence-corrected chi connectivity index (χ4v) is 9.56. The minimum atomic E-state index is -4.54. The molecule has 0 aromatic heterocycles. The maximum atomic E-state index is 12.8. The lowest BCUT2D eigenvalue weighted by Gasteiger charge is -2.28. The van der Waals surface area contributed by atoms with Gasteiger partial charge in [0, 0.05) is 13.0 Å². The van der Waals surface area contributed by atoms with Gasteiger partial charge in [-0.05, 0) is 77.0 Å². The third-order valence-corrected chi connectivity index (χ3v) is 14.5. The van der Waals surface area contributed by atoms with Crippen LogP contribution in [-0.2, 0) is 27.9 Å². The quantitative estimate of drug-likeness (QED) is 0.0197. The lowest BCUT2D eigenvalue weighted by atomic mass is 10.0. The Bertz CT molecular complexity index is 1350. The number of phosphoric ester groups is 1. The van der Waals surface area contributed by atoms with Crippen molar-refractivity contribution in [1.29, 1.82) is 0 Å². The summed E-state index contributed by atoms with van der Waals surface area (Å²) in [5.74, 6) is -0.333. The number of quaternary nitrogens is 1. The molecule has 0 aliphatic rings. The van der Waals surface area contributed by atoms with Crippen molar-refractivity contribution in [3.63, 3.8) is 0 Å². The van der Waals surface area contributed by atoms with E-state index in [0.29, 0.717) is 24.1 Å². The number of rotatable bonds is 58. The minimum absolute atomic E-state index is 0.0253. The maximum absolute atomic E-state index is 12.8. The van der Waals surface area contributed by atoms with Crippen molar-refractivity contribution in [2.45, 2.75) is 290 Å². The standard InChI is InChI=1S/C64H120NO7P/c1-6-8-10-12-14-16-18-20-22-24-26-28-30-32-34-36-38-40-42-44-46-48-50-52-54-56-59-69-61-63(62-71-73(67,68)70-60-58-65(3,4)5)72-64(66)57-55-53-51-49-47-45-43-41-39-37-35-33-31-29-27-25-23-21-19-17-15-13-11-9-7-2/h9,11,15,17,21,23-24,26-27,29,63H,6-8,10,12-14,16,18-20,22,25,28,30-62H2,1-5H3/b11-9-,17-15-,23-21-,26-24-,29-27-. The normalized spacial score (nSPS) is 13.8. The summed E-state index contributed by atoms with van der Waals surface area (Å²) in [5.41, 5.74) is 0. The van der Waals surface area contributed by atoms with E-state index in [9.17, 15) is 14.3 Å². The number of hydrogen-bond acceptors (Lipinski definition) is 7. The zero-order valence-corrected chi connectivity index (χ0v) is 49.7. The Labute approximate surface area is 453 Å². The Morgan fingerprint density at radius 3 is 1.21 bits per heavy atom. The highest BCUT2D eigenvalue weighted by atomic mass is 31.2. The monoisotopic (exact) mass is 1050 g/mol. The molecule has 2 atom stereocenters. The van der Waals surface area contributed by atoms with Gasteiger partial charge >= 0.3 is 5.97 Å². The van der Waals surface area contributed by atoms with Gasteiger partial charge in [0.25, 0.3) is 7.82 Å². The molecule has 0 bridgehead atoms. The van der Waals surface area contributed by atoms with Crippen molar-refractivity contribution < 1.29 is 37.3 Å². The van der Waals surface area contributed by atoms with E-state index in [-0.39, 0.29) is 25.8 Å². The van der Waals surface area contributed by atoms with E-state index >= 15 is 0 Å². The van der Waals surface area contributed by atoms with Crippen molar-refractivity contribution in [3.8, 4) is 0 Å². The fourth-order valence-electron chi connectivity index (χ4n) is 8.83. The van der Waals surface area contributed by atoms with E-state index in [4.69, 9.17) is 18.5 Å². The summed E-state index contributed by atoms with van der Waals surface area (Å²) < 4.78 is 34.9. The van der Waals surface area contributed by atoms with Gasteiger partial charge in [-0.3, -0.25) is 9.36 Å². The van der Waals surface area contributed by atoms with Crippen molar-refractivity contribution in [3.05, 3.63) is 60.8 Å². The average Bonchev–Trinajstić information content (AvgIpc) is 3.35. The SMILES string of the molecule is CC/C=C\C/C=C\C/C=C\C/C=C\CCCCCCCCCCCCCCC(=O)OC(COCCCCCCCCCCCCCCCC/C=C\CCCCCCCCCC)COP(=O)([O-])OCC[N+](C)(C)C. The topological polar surface area (TPSA) is 94.1 Å². The smallest absolute Gasteiger partial charge is 0.306 e. The molecule has 0 fully saturated rings. The first-order valence-electron chi connectivity index (χ1n) is 31.0. The van der Waals surface area contributed by atoms with E-state index in [2.05, 4.69) is 74.6 Å². The van der Waals surface area contributed by atoms with Gasteiger partial charge in [-0.25, -0.2) is 0 Å². The zero-order chi connectivity index (χ0) is 53.3. The van der Waals surface area contributed by atoms with Gasteiger partial charge in [0.15, 0.2) is 0 Å². The molecule has 0 radical (unpaired) electrons. The summed E-state index contributed by atoms with van der Waals surface area (Å²) in [6.45, 7) is 5.34. The lowest BCUT2D eigenvalue weighted by Crippen LogP contribution is -2.37. The molecule has 0 N–H and O–H groups in total. The number of likely N-dealkylation sites (N-methyl/N-ethyl adjacent to an activating group) is 1. The lowest BCUT2D eigenvalue weighted by molar-refractivity contribution is -0.870. The molecular weight excluding hydrogens is 926 g/mol. The molecule has 0 aliphatic heterocycles. The van der Waals surface area contributed by atoms with Crippen LogP contribution in [0.4, 0.5) is 0 Å². The van der Waals surface area contributed by atoms with Crippen LogP contribution < -0.4 is 4.89 Å². The van der Waals surface area contributed by atoms with Gasteiger partial charge < -0.3 is 27.9 Å². The molecule has 0 aromatic carbocycles. The predicted molar refractivity (Wildman–Crippen MR) is 314 cm³/mol. The summed E-state index contributed by atoms with van der Waals surface area (Å²) >= 11 is 0. The second kappa shape index (κ2) is 56.4. The number of ether oxygens (including phenoxy) is 2. The first kappa shape index (κ1) is 71.2. The molecule has 0 saturated heterocycles. The number of phosphoric acid groups is 1. The molecule has 0 aromatic rings. The molecule has 428 valence electrons. The van der Waals surface area contributed by atoms with Crippen LogP contribution in [-0.4, -0.2) is 70.7 Å². The fraction of sp³-hybridized carbons (Fsp3) is 0.828. The van der Waals surface area contributed by atoms with E-state index in [1.54, 1.807) is 0 Å². The van der Waals surface area contributed by atoms with Crippen LogP contribution in [0.5, 0.6) is 0 Å². The highest BCUT2D eigenvalue weighted by Gasteiger charge is 2.20. The van der Waals surface area contributed by atoms with Gasteiger partial charge in [-0.1, -0.05) is 261 Å². The molecule has 2 unspecified atom stereocenters. The van der Waals surface area contributed by atoms with E-state index in [0.717, 1.165) is 57.8 Å². The van der Waals surface area contributed by atoms with Crippen molar-refractivity contribution >= 4 is 13.8 Å². The Kier molecular flexibility index (Phi) is 55.0. The van der Waals surface area contributed by atoms with Crippen LogP contribution in [0.2, 0.25) is 0 Å².